The second-order valence-corrected chi connectivity index (χ2v) is 11.6. The van der Waals surface area contributed by atoms with Gasteiger partial charge in [-0.2, -0.15) is 5.21 Å². The van der Waals surface area contributed by atoms with E-state index in [0.717, 1.165) is 33.4 Å². The number of nitrogens with zero attached hydrogens (tertiary/aromatic N) is 4. The Balaban J connectivity index is 1.33. The van der Waals surface area contributed by atoms with Crippen LogP contribution in [0.3, 0.4) is 0 Å². The molecule has 4 N–H and O–H groups in total. The van der Waals surface area contributed by atoms with Gasteiger partial charge < -0.3 is 20.6 Å². The molecular weight excluding hydrogens is 530 g/mol. The number of tetrazole rings is 1. The van der Waals surface area contributed by atoms with Gasteiger partial charge in [0.15, 0.2) is 0 Å². The molecule has 0 radical (unpaired) electrons. The maximum atomic E-state index is 13.8. The number of benzene rings is 3. The molecule has 0 spiro atoms. The standard InChI is InChI=1S/C32H37N7O3/c1-21(40)18-33-32(2,3)17-29(41)34-28-16-24-8-4-5-9-25(24)20-39(31(28)42)19-22-12-14-23(15-13-22)26-10-6-7-11-27(26)30-35-37-38-36-30/h4-15,21,28,33,40H,16-20H2,1-3H3,(H,34,41)(H,35,36,37,38)/t21-,28-/m1/s1. The lowest BCUT2D eigenvalue weighted by molar-refractivity contribution is -0.137. The average molecular weight is 568 g/mol. The van der Waals surface area contributed by atoms with Gasteiger partial charge in [0.05, 0.1) is 6.10 Å². The number of nitrogens with one attached hydrogen (secondary N) is 3. The minimum Gasteiger partial charge on any atom is -0.392 e. The van der Waals surface area contributed by atoms with Crippen LogP contribution in [-0.4, -0.2) is 66.7 Å². The van der Waals surface area contributed by atoms with E-state index in [9.17, 15) is 14.7 Å². The van der Waals surface area contributed by atoms with Crippen LogP contribution in [0.2, 0.25) is 0 Å². The highest BCUT2D eigenvalue weighted by atomic mass is 16.3. The van der Waals surface area contributed by atoms with Crippen molar-refractivity contribution >= 4 is 11.8 Å². The number of carbonyl (C=O) groups is 2. The SMILES string of the molecule is C[C@@H](O)CNC(C)(C)CC(=O)N[C@@H]1Cc2ccccc2CN(Cc2ccc(-c3ccccc3-c3nn[nH]n3)cc2)C1=O. The van der Waals surface area contributed by atoms with Crippen LogP contribution >= 0.6 is 0 Å². The zero-order valence-electron chi connectivity index (χ0n) is 24.2. The Morgan fingerprint density at radius 2 is 1.74 bits per heavy atom. The largest absolute Gasteiger partial charge is 0.392 e. The summed E-state index contributed by atoms with van der Waals surface area (Å²) >= 11 is 0. The number of aliphatic hydroxyl groups excluding tert-OH is 1. The molecule has 2 amide bonds. The van der Waals surface area contributed by atoms with Crippen molar-refractivity contribution in [2.75, 3.05) is 6.54 Å². The number of aromatic nitrogens is 4. The molecule has 10 nitrogen and oxygen atoms in total. The Kier molecular flexibility index (Phi) is 8.75. The second-order valence-electron chi connectivity index (χ2n) is 11.6. The molecule has 2 heterocycles. The molecule has 10 heteroatoms. The molecule has 2 atom stereocenters. The third-order valence-corrected chi connectivity index (χ3v) is 7.48. The number of H-pyrrole nitrogens is 1. The fourth-order valence-electron chi connectivity index (χ4n) is 5.32. The lowest BCUT2D eigenvalue weighted by Crippen LogP contribution is -2.51. The fraction of sp³-hybridized carbons (Fsp3) is 0.344. The number of aliphatic hydroxyl groups is 1. The highest BCUT2D eigenvalue weighted by Crippen LogP contribution is 2.30. The zero-order chi connectivity index (χ0) is 29.7. The smallest absolute Gasteiger partial charge is 0.246 e. The number of carbonyl (C=O) groups excluding carboxylic acids is 2. The van der Waals surface area contributed by atoms with Gasteiger partial charge in [0, 0.05) is 43.6 Å². The first-order chi connectivity index (χ1) is 20.2. The zero-order valence-corrected chi connectivity index (χ0v) is 24.2. The van der Waals surface area contributed by atoms with E-state index in [4.69, 9.17) is 0 Å². The lowest BCUT2D eigenvalue weighted by atomic mass is 9.98. The Morgan fingerprint density at radius 1 is 1.05 bits per heavy atom. The number of amides is 2. The van der Waals surface area contributed by atoms with Crippen molar-refractivity contribution in [1.82, 2.24) is 36.2 Å². The van der Waals surface area contributed by atoms with Crippen LogP contribution < -0.4 is 10.6 Å². The van der Waals surface area contributed by atoms with E-state index in [1.165, 1.54) is 0 Å². The van der Waals surface area contributed by atoms with Gasteiger partial charge in [-0.1, -0.05) is 72.8 Å². The number of rotatable bonds is 10. The van der Waals surface area contributed by atoms with Crippen LogP contribution in [0.5, 0.6) is 0 Å². The molecule has 218 valence electrons. The van der Waals surface area contributed by atoms with Crippen molar-refractivity contribution in [3.05, 3.63) is 89.5 Å². The van der Waals surface area contributed by atoms with Crippen LogP contribution in [0.25, 0.3) is 22.5 Å². The molecule has 0 unspecified atom stereocenters. The predicted molar refractivity (Wildman–Crippen MR) is 160 cm³/mol. The molecule has 3 aromatic carbocycles. The van der Waals surface area contributed by atoms with Crippen molar-refractivity contribution in [2.24, 2.45) is 0 Å². The maximum Gasteiger partial charge on any atom is 0.246 e. The molecule has 1 aliphatic heterocycles. The van der Waals surface area contributed by atoms with Gasteiger partial charge >= 0.3 is 0 Å². The third-order valence-electron chi connectivity index (χ3n) is 7.48. The normalized spacial score (nSPS) is 16.0. The molecular formula is C32H37N7O3. The number of hydrogen-bond donors (Lipinski definition) is 4. The van der Waals surface area contributed by atoms with Crippen molar-refractivity contribution in [1.29, 1.82) is 0 Å². The Bertz CT molecular complexity index is 1520. The topological polar surface area (TPSA) is 136 Å². The van der Waals surface area contributed by atoms with E-state index in [0.29, 0.717) is 31.9 Å². The maximum absolute atomic E-state index is 13.8. The summed E-state index contributed by atoms with van der Waals surface area (Å²) in [5.41, 5.74) is 5.45. The number of fused-ring (bicyclic) bond motifs is 1. The van der Waals surface area contributed by atoms with Crippen LogP contribution in [0.1, 0.15) is 43.9 Å². The number of hydrogen-bond acceptors (Lipinski definition) is 7. The van der Waals surface area contributed by atoms with E-state index in [-0.39, 0.29) is 18.2 Å². The molecule has 1 aromatic heterocycles. The quantitative estimate of drug-likeness (QED) is 0.231. The Labute approximate surface area is 245 Å². The molecule has 0 saturated carbocycles. The minimum absolute atomic E-state index is 0.110. The third kappa shape index (κ3) is 7.07. The Morgan fingerprint density at radius 3 is 2.43 bits per heavy atom. The molecule has 4 aromatic rings. The first-order valence-electron chi connectivity index (χ1n) is 14.2. The lowest BCUT2D eigenvalue weighted by Gasteiger charge is -2.29. The van der Waals surface area contributed by atoms with Crippen molar-refractivity contribution in [3.8, 4) is 22.5 Å². The summed E-state index contributed by atoms with van der Waals surface area (Å²) in [7, 11) is 0. The summed E-state index contributed by atoms with van der Waals surface area (Å²) in [6.07, 6.45) is 0.0952. The van der Waals surface area contributed by atoms with Crippen LogP contribution in [-0.2, 0) is 29.1 Å². The van der Waals surface area contributed by atoms with E-state index < -0.39 is 17.7 Å². The monoisotopic (exact) mass is 567 g/mol. The highest BCUT2D eigenvalue weighted by Gasteiger charge is 2.32. The summed E-state index contributed by atoms with van der Waals surface area (Å²) < 4.78 is 0. The van der Waals surface area contributed by atoms with Gasteiger partial charge in [-0.15, -0.1) is 10.2 Å². The molecule has 5 rings (SSSR count). The molecule has 0 aliphatic carbocycles. The summed E-state index contributed by atoms with van der Waals surface area (Å²) in [6.45, 7) is 6.78. The molecule has 0 saturated heterocycles. The van der Waals surface area contributed by atoms with E-state index in [2.05, 4.69) is 31.3 Å². The molecule has 0 fully saturated rings. The first-order valence-corrected chi connectivity index (χ1v) is 14.2. The molecule has 42 heavy (non-hydrogen) atoms. The minimum atomic E-state index is -0.671. The highest BCUT2D eigenvalue weighted by molar-refractivity contribution is 5.89. The van der Waals surface area contributed by atoms with Crippen molar-refractivity contribution in [3.63, 3.8) is 0 Å². The van der Waals surface area contributed by atoms with Gasteiger partial charge in [-0.3, -0.25) is 9.59 Å². The van der Waals surface area contributed by atoms with Gasteiger partial charge in [-0.05, 0) is 53.8 Å². The van der Waals surface area contributed by atoms with E-state index in [1.54, 1.807) is 6.92 Å². The summed E-state index contributed by atoms with van der Waals surface area (Å²) in [5, 5.41) is 30.3. The number of aromatic amines is 1. The Hall–Kier alpha value is -4.41. The summed E-state index contributed by atoms with van der Waals surface area (Å²) in [6, 6.07) is 23.3. The van der Waals surface area contributed by atoms with Gasteiger partial charge in [0.1, 0.15) is 6.04 Å². The summed E-state index contributed by atoms with van der Waals surface area (Å²) in [5.74, 6) is 0.208. The van der Waals surface area contributed by atoms with Crippen molar-refractivity contribution in [2.45, 2.75) is 64.4 Å². The summed E-state index contributed by atoms with van der Waals surface area (Å²) in [4.78, 5) is 28.7. The molecule has 1 aliphatic rings. The number of β-amino-alcohol motifs (C(OH)–C–C–N with tert-alkyl or cyclic N) is 1. The average Bonchev–Trinajstić information content (AvgIpc) is 3.47. The van der Waals surface area contributed by atoms with Gasteiger partial charge in [0.25, 0.3) is 0 Å². The van der Waals surface area contributed by atoms with Crippen LogP contribution in [0.4, 0.5) is 0 Å². The van der Waals surface area contributed by atoms with E-state index in [1.807, 2.05) is 91.5 Å². The first kappa shape index (κ1) is 29.1. The van der Waals surface area contributed by atoms with Crippen LogP contribution in [0, 0.1) is 0 Å². The fourth-order valence-corrected chi connectivity index (χ4v) is 5.32. The predicted octanol–water partition coefficient (Wildman–Crippen LogP) is 3.24. The molecule has 0 bridgehead atoms. The van der Waals surface area contributed by atoms with Crippen LogP contribution in [0.15, 0.2) is 72.8 Å². The second kappa shape index (κ2) is 12.6. The van der Waals surface area contributed by atoms with E-state index >= 15 is 0 Å². The van der Waals surface area contributed by atoms with Gasteiger partial charge in [0.2, 0.25) is 17.6 Å². The van der Waals surface area contributed by atoms with Crippen molar-refractivity contribution < 1.29 is 14.7 Å². The van der Waals surface area contributed by atoms with Gasteiger partial charge in [-0.25, -0.2) is 0 Å².